The van der Waals surface area contributed by atoms with E-state index in [4.69, 9.17) is 0 Å². The number of fused-ring (bicyclic) bond motifs is 1. The Morgan fingerprint density at radius 1 is 1.43 bits per heavy atom. The molecule has 1 aromatic heterocycles. The molecule has 3 nitrogen and oxygen atoms in total. The van der Waals surface area contributed by atoms with Gasteiger partial charge in [0, 0.05) is 0 Å². The van der Waals surface area contributed by atoms with Crippen molar-refractivity contribution in [3.05, 3.63) is 41.0 Å². The first-order chi connectivity index (χ1) is 6.74. The molecule has 0 radical (unpaired) electrons. The van der Waals surface area contributed by atoms with Gasteiger partial charge in [-0.05, 0) is 24.0 Å². The van der Waals surface area contributed by atoms with Crippen molar-refractivity contribution in [2.75, 3.05) is 0 Å². The van der Waals surface area contributed by atoms with Crippen LogP contribution >= 0.6 is 15.9 Å². The molecule has 1 aromatic carbocycles. The molecule has 72 valence electrons. The Morgan fingerprint density at radius 2 is 2.14 bits per heavy atom. The minimum atomic E-state index is 0.474. The lowest BCUT2D eigenvalue weighted by atomic mass is 10.2. The smallest absolute Gasteiger partial charge is 0.312 e. The van der Waals surface area contributed by atoms with Gasteiger partial charge in [0.1, 0.15) is 11.0 Å². The maximum atomic E-state index is 11.6. The zero-order chi connectivity index (χ0) is 10.1. The maximum Gasteiger partial charge on any atom is 0.312 e. The monoisotopic (exact) mass is 252 g/mol. The van der Waals surface area contributed by atoms with Crippen LogP contribution < -0.4 is 4.73 Å². The number of halogens is 1. The van der Waals surface area contributed by atoms with Crippen molar-refractivity contribution in [1.29, 1.82) is 0 Å². The third kappa shape index (κ3) is 1.35. The van der Waals surface area contributed by atoms with E-state index in [2.05, 4.69) is 20.9 Å². The molecule has 4 heteroatoms. The fourth-order valence-corrected chi connectivity index (χ4v) is 1.80. The summed E-state index contributed by atoms with van der Waals surface area (Å²) in [7, 11) is 0. The van der Waals surface area contributed by atoms with Crippen molar-refractivity contribution in [2.24, 2.45) is 0 Å². The van der Waals surface area contributed by atoms with E-state index in [-0.39, 0.29) is 0 Å². The standard InChI is InChI=1S/C10H9BrN2O/c1-7-8-4-2-3-5-9(8)12-10(6-11)13(7)14/h2-5H,6H2,1H3. The van der Waals surface area contributed by atoms with E-state index >= 15 is 0 Å². The van der Waals surface area contributed by atoms with Gasteiger partial charge in [-0.15, -0.1) is 0 Å². The van der Waals surface area contributed by atoms with E-state index < -0.39 is 0 Å². The summed E-state index contributed by atoms with van der Waals surface area (Å²) in [6.07, 6.45) is 0. The number of rotatable bonds is 1. The predicted molar refractivity (Wildman–Crippen MR) is 58.1 cm³/mol. The van der Waals surface area contributed by atoms with Gasteiger partial charge in [0.05, 0.1) is 5.39 Å². The molecule has 0 aliphatic heterocycles. The number of alkyl halides is 1. The van der Waals surface area contributed by atoms with Crippen molar-refractivity contribution >= 4 is 26.8 Å². The van der Waals surface area contributed by atoms with Crippen LogP contribution in [0.15, 0.2) is 24.3 Å². The lowest BCUT2D eigenvalue weighted by Gasteiger charge is -2.09. The van der Waals surface area contributed by atoms with Crippen LogP contribution in [0.4, 0.5) is 0 Å². The molecule has 0 amide bonds. The Kier molecular flexibility index (Phi) is 2.37. The molecule has 2 aromatic rings. The Bertz CT molecular complexity index is 485. The van der Waals surface area contributed by atoms with Crippen molar-refractivity contribution < 1.29 is 4.73 Å². The molecule has 0 unspecified atom stereocenters. The highest BCUT2D eigenvalue weighted by molar-refractivity contribution is 9.08. The highest BCUT2D eigenvalue weighted by Crippen LogP contribution is 2.13. The summed E-state index contributed by atoms with van der Waals surface area (Å²) in [5.74, 6) is 0.501. The van der Waals surface area contributed by atoms with Crippen molar-refractivity contribution in [2.45, 2.75) is 12.3 Å². The normalized spacial score (nSPS) is 10.7. The Balaban J connectivity index is 2.85. The molecular weight excluding hydrogens is 244 g/mol. The largest absolute Gasteiger partial charge is 0.711 e. The van der Waals surface area contributed by atoms with Crippen LogP contribution in [0.1, 0.15) is 11.5 Å². The summed E-state index contributed by atoms with van der Waals surface area (Å²) in [6.45, 7) is 1.81. The third-order valence-corrected chi connectivity index (χ3v) is 2.70. The lowest BCUT2D eigenvalue weighted by molar-refractivity contribution is -0.621. The molecule has 0 aliphatic rings. The molecule has 0 saturated carbocycles. The minimum Gasteiger partial charge on any atom is -0.711 e. The first kappa shape index (κ1) is 9.40. The number of nitrogens with zero attached hydrogens (tertiary/aromatic N) is 2. The highest BCUT2D eigenvalue weighted by atomic mass is 79.9. The second-order valence-corrected chi connectivity index (χ2v) is 3.62. The van der Waals surface area contributed by atoms with Crippen molar-refractivity contribution in [3.63, 3.8) is 0 Å². The van der Waals surface area contributed by atoms with E-state index in [9.17, 15) is 5.21 Å². The van der Waals surface area contributed by atoms with Crippen LogP contribution in [0.3, 0.4) is 0 Å². The summed E-state index contributed by atoms with van der Waals surface area (Å²) < 4.78 is 0.872. The molecule has 1 heterocycles. The number of aromatic nitrogens is 2. The molecule has 0 atom stereocenters. The second kappa shape index (κ2) is 3.53. The van der Waals surface area contributed by atoms with Gasteiger partial charge >= 0.3 is 5.82 Å². The fraction of sp³-hybridized carbons (Fsp3) is 0.200. The zero-order valence-corrected chi connectivity index (χ0v) is 9.28. The summed E-state index contributed by atoms with van der Waals surface area (Å²) in [5, 5.41) is 13.0. The number of para-hydroxylation sites is 1. The highest BCUT2D eigenvalue weighted by Gasteiger charge is 2.13. The molecule has 0 N–H and O–H groups in total. The van der Waals surface area contributed by atoms with Crippen LogP contribution in [-0.4, -0.2) is 4.98 Å². The van der Waals surface area contributed by atoms with Gasteiger partial charge in [-0.3, -0.25) is 0 Å². The number of hydrogen-bond donors (Lipinski definition) is 0. The van der Waals surface area contributed by atoms with Gasteiger partial charge in [-0.2, -0.15) is 0 Å². The first-order valence-corrected chi connectivity index (χ1v) is 5.40. The van der Waals surface area contributed by atoms with Gasteiger partial charge in [-0.1, -0.05) is 28.1 Å². The summed E-state index contributed by atoms with van der Waals surface area (Å²) >= 11 is 3.24. The van der Waals surface area contributed by atoms with E-state index in [0.717, 1.165) is 15.6 Å². The van der Waals surface area contributed by atoms with Gasteiger partial charge in [0.15, 0.2) is 5.52 Å². The van der Waals surface area contributed by atoms with Crippen molar-refractivity contribution in [3.8, 4) is 0 Å². The van der Waals surface area contributed by atoms with Gasteiger partial charge < -0.3 is 5.21 Å². The SMILES string of the molecule is Cc1c2ccccc2nc(CBr)[n+]1[O-]. The number of aryl methyl sites for hydroxylation is 1. The predicted octanol–water partition coefficient (Wildman–Crippen LogP) is 2.07. The third-order valence-electron chi connectivity index (χ3n) is 2.20. The van der Waals surface area contributed by atoms with E-state index in [0.29, 0.717) is 16.8 Å². The summed E-state index contributed by atoms with van der Waals surface area (Å²) in [5.41, 5.74) is 1.57. The second-order valence-electron chi connectivity index (χ2n) is 3.06. The molecule has 0 bridgehead atoms. The Hall–Kier alpha value is -1.16. The van der Waals surface area contributed by atoms with E-state index in [1.54, 1.807) is 0 Å². The Labute approximate surface area is 90.1 Å². The van der Waals surface area contributed by atoms with Crippen LogP contribution in [0.25, 0.3) is 10.9 Å². The Morgan fingerprint density at radius 3 is 2.86 bits per heavy atom. The lowest BCUT2D eigenvalue weighted by Crippen LogP contribution is -2.36. The summed E-state index contributed by atoms with van der Waals surface area (Å²) in [6, 6.07) is 7.64. The number of benzene rings is 1. The molecule has 2 rings (SSSR count). The van der Waals surface area contributed by atoms with Crippen molar-refractivity contribution in [1.82, 2.24) is 4.98 Å². The van der Waals surface area contributed by atoms with Crippen LogP contribution in [-0.2, 0) is 5.33 Å². The topological polar surface area (TPSA) is 39.8 Å². The molecule has 0 spiro atoms. The van der Waals surface area contributed by atoms with Gasteiger partial charge in [0.2, 0.25) is 0 Å². The van der Waals surface area contributed by atoms with E-state index in [1.807, 2.05) is 31.2 Å². The van der Waals surface area contributed by atoms with Crippen LogP contribution in [0.2, 0.25) is 0 Å². The van der Waals surface area contributed by atoms with Crippen LogP contribution in [0.5, 0.6) is 0 Å². The van der Waals surface area contributed by atoms with Crippen LogP contribution in [0, 0.1) is 12.1 Å². The maximum absolute atomic E-state index is 11.6. The van der Waals surface area contributed by atoms with E-state index in [1.165, 1.54) is 0 Å². The molecule has 0 saturated heterocycles. The summed E-state index contributed by atoms with van der Waals surface area (Å²) in [4.78, 5) is 4.26. The van der Waals surface area contributed by atoms with Gasteiger partial charge in [-0.25, -0.2) is 4.73 Å². The molecular formula is C10H9BrN2O. The minimum absolute atomic E-state index is 0.474. The number of hydrogen-bond acceptors (Lipinski definition) is 2. The fourth-order valence-electron chi connectivity index (χ4n) is 1.45. The average Bonchev–Trinajstić information content (AvgIpc) is 2.23. The van der Waals surface area contributed by atoms with Gasteiger partial charge in [0.25, 0.3) is 0 Å². The first-order valence-electron chi connectivity index (χ1n) is 4.28. The zero-order valence-electron chi connectivity index (χ0n) is 7.70. The molecule has 0 fully saturated rings. The molecule has 0 aliphatic carbocycles. The quantitative estimate of drug-likeness (QED) is 0.443. The average molecular weight is 253 g/mol. The molecule has 14 heavy (non-hydrogen) atoms.